The number of amides is 1. The Hall–Kier alpha value is -3.58. The van der Waals surface area contributed by atoms with Crippen molar-refractivity contribution >= 4 is 28.4 Å². The molecule has 4 aromatic rings. The lowest BCUT2D eigenvalue weighted by atomic mass is 10.1. The Morgan fingerprint density at radius 1 is 0.879 bits per heavy atom. The van der Waals surface area contributed by atoms with E-state index in [2.05, 4.69) is 10.2 Å². The number of methoxy groups -OCH3 is 2. The number of carbonyl (C=O) groups excluding carboxylic acids is 1. The van der Waals surface area contributed by atoms with Crippen molar-refractivity contribution in [2.45, 2.75) is 11.6 Å². The molecule has 1 heterocycles. The van der Waals surface area contributed by atoms with Crippen LogP contribution in [0, 0.1) is 0 Å². The normalized spacial score (nSPS) is 10.8. The quantitative estimate of drug-likeness (QED) is 0.343. The monoisotopic (exact) mass is 459 g/mol. The molecule has 0 atom stereocenters. The smallest absolute Gasteiger partial charge is 0.233 e. The summed E-state index contributed by atoms with van der Waals surface area (Å²) in [4.78, 5) is 14.6. The third-order valence-electron chi connectivity index (χ3n) is 5.35. The fourth-order valence-electron chi connectivity index (χ4n) is 3.66. The van der Waals surface area contributed by atoms with E-state index >= 15 is 0 Å². The van der Waals surface area contributed by atoms with E-state index in [0.717, 1.165) is 32.6 Å². The Kier molecular flexibility index (Phi) is 7.10. The minimum Gasteiger partial charge on any atom is -0.493 e. The molecule has 6 nitrogen and oxygen atoms in total. The highest BCUT2D eigenvalue weighted by atomic mass is 32.2. The summed E-state index contributed by atoms with van der Waals surface area (Å²) >= 11 is 1.40. The molecule has 0 aliphatic carbocycles. The lowest BCUT2D eigenvalue weighted by Crippen LogP contribution is -2.28. The highest BCUT2D eigenvalue weighted by molar-refractivity contribution is 8.00. The van der Waals surface area contributed by atoms with E-state index in [0.29, 0.717) is 18.0 Å². The van der Waals surface area contributed by atoms with Crippen molar-refractivity contribution in [1.82, 2.24) is 15.1 Å². The molecule has 4 rings (SSSR count). The van der Waals surface area contributed by atoms with Crippen LogP contribution < -0.4 is 9.47 Å². The van der Waals surface area contributed by atoms with E-state index in [9.17, 15) is 4.79 Å². The predicted molar refractivity (Wildman–Crippen MR) is 132 cm³/mol. The number of rotatable bonds is 8. The standard InChI is InChI=1S/C26H25N3O3S/c1-29(16-19-12-9-15-22(31-2)25(19)32-3)23(30)17-33-26-21-14-8-7-13-20(21)24(27-28-26)18-10-5-4-6-11-18/h4-15H,16-17H2,1-3H3. The first-order valence-corrected chi connectivity index (χ1v) is 11.5. The molecule has 1 amide bonds. The lowest BCUT2D eigenvalue weighted by Gasteiger charge is -2.20. The molecule has 3 aromatic carbocycles. The lowest BCUT2D eigenvalue weighted by molar-refractivity contribution is -0.127. The number of nitrogens with zero attached hydrogens (tertiary/aromatic N) is 3. The van der Waals surface area contributed by atoms with Crippen LogP contribution in [0.15, 0.2) is 77.8 Å². The van der Waals surface area contributed by atoms with E-state index < -0.39 is 0 Å². The van der Waals surface area contributed by atoms with Gasteiger partial charge in [-0.3, -0.25) is 4.79 Å². The van der Waals surface area contributed by atoms with Gasteiger partial charge < -0.3 is 14.4 Å². The number of ether oxygens (including phenoxy) is 2. The van der Waals surface area contributed by atoms with Crippen molar-refractivity contribution in [1.29, 1.82) is 0 Å². The molecule has 0 aliphatic rings. The molecule has 0 fully saturated rings. The second-order valence-corrected chi connectivity index (χ2v) is 8.42. The molecule has 7 heteroatoms. The average Bonchev–Trinajstić information content (AvgIpc) is 2.87. The van der Waals surface area contributed by atoms with Gasteiger partial charge in [0, 0.05) is 35.5 Å². The van der Waals surface area contributed by atoms with E-state index in [1.165, 1.54) is 11.8 Å². The second kappa shape index (κ2) is 10.4. The van der Waals surface area contributed by atoms with Crippen LogP contribution in [0.5, 0.6) is 11.5 Å². The highest BCUT2D eigenvalue weighted by Crippen LogP contribution is 2.33. The minimum atomic E-state index is -0.0112. The van der Waals surface area contributed by atoms with Crippen LogP contribution in [0.2, 0.25) is 0 Å². The van der Waals surface area contributed by atoms with Gasteiger partial charge in [0.25, 0.3) is 0 Å². The van der Waals surface area contributed by atoms with Gasteiger partial charge >= 0.3 is 0 Å². The van der Waals surface area contributed by atoms with Crippen LogP contribution in [0.3, 0.4) is 0 Å². The zero-order chi connectivity index (χ0) is 23.2. The summed E-state index contributed by atoms with van der Waals surface area (Å²) in [5.41, 5.74) is 2.74. The zero-order valence-electron chi connectivity index (χ0n) is 18.8. The topological polar surface area (TPSA) is 64.5 Å². The van der Waals surface area contributed by atoms with Crippen LogP contribution in [-0.2, 0) is 11.3 Å². The molecule has 0 aliphatic heterocycles. The Morgan fingerprint density at radius 2 is 1.61 bits per heavy atom. The molecule has 0 bridgehead atoms. The van der Waals surface area contributed by atoms with Crippen molar-refractivity contribution in [3.63, 3.8) is 0 Å². The summed E-state index contributed by atoms with van der Waals surface area (Å²) < 4.78 is 10.8. The molecule has 0 radical (unpaired) electrons. The molecular formula is C26H25N3O3S. The SMILES string of the molecule is COc1cccc(CN(C)C(=O)CSc2nnc(-c3ccccc3)c3ccccc23)c1OC. The maximum absolute atomic E-state index is 12.9. The molecule has 1 aromatic heterocycles. The molecule has 0 saturated heterocycles. The molecule has 0 unspecified atom stereocenters. The van der Waals surface area contributed by atoms with E-state index in [-0.39, 0.29) is 11.7 Å². The number of hydrogen-bond donors (Lipinski definition) is 0. The number of hydrogen-bond acceptors (Lipinski definition) is 6. The van der Waals surface area contributed by atoms with Crippen LogP contribution >= 0.6 is 11.8 Å². The van der Waals surface area contributed by atoms with Crippen molar-refractivity contribution in [3.8, 4) is 22.8 Å². The van der Waals surface area contributed by atoms with Crippen molar-refractivity contribution < 1.29 is 14.3 Å². The average molecular weight is 460 g/mol. The fourth-order valence-corrected chi connectivity index (χ4v) is 4.57. The summed E-state index contributed by atoms with van der Waals surface area (Å²) in [6.07, 6.45) is 0. The van der Waals surface area contributed by atoms with Gasteiger partial charge in [0.05, 0.1) is 20.0 Å². The third kappa shape index (κ3) is 4.93. The van der Waals surface area contributed by atoms with Gasteiger partial charge in [0.15, 0.2) is 11.5 Å². The van der Waals surface area contributed by atoms with Crippen LogP contribution in [-0.4, -0.2) is 48.0 Å². The second-order valence-electron chi connectivity index (χ2n) is 7.46. The number of aromatic nitrogens is 2. The number of para-hydroxylation sites is 1. The zero-order valence-corrected chi connectivity index (χ0v) is 19.6. The van der Waals surface area contributed by atoms with Crippen molar-refractivity contribution in [3.05, 3.63) is 78.4 Å². The van der Waals surface area contributed by atoms with Crippen LogP contribution in [0.25, 0.3) is 22.0 Å². The molecule has 0 saturated carbocycles. The first-order valence-electron chi connectivity index (χ1n) is 10.5. The van der Waals surface area contributed by atoms with Gasteiger partial charge in [-0.25, -0.2) is 0 Å². The summed E-state index contributed by atoms with van der Waals surface area (Å²) in [5, 5.41) is 11.7. The predicted octanol–water partition coefficient (Wildman–Crippen LogP) is 5.06. The minimum absolute atomic E-state index is 0.0112. The summed E-state index contributed by atoms with van der Waals surface area (Å²) in [7, 11) is 4.98. The molecular weight excluding hydrogens is 434 g/mol. The van der Waals surface area contributed by atoms with E-state index in [1.54, 1.807) is 26.2 Å². The molecule has 168 valence electrons. The van der Waals surface area contributed by atoms with Crippen molar-refractivity contribution in [2.75, 3.05) is 27.0 Å². The first-order chi connectivity index (χ1) is 16.1. The van der Waals surface area contributed by atoms with Gasteiger partial charge in [0.1, 0.15) is 10.7 Å². The first kappa shape index (κ1) is 22.6. The Morgan fingerprint density at radius 3 is 2.33 bits per heavy atom. The summed E-state index contributed by atoms with van der Waals surface area (Å²) in [5.74, 6) is 1.53. The Bertz CT molecular complexity index is 1260. The molecule has 0 spiro atoms. The van der Waals surface area contributed by atoms with Crippen LogP contribution in [0.1, 0.15) is 5.56 Å². The number of carbonyl (C=O) groups is 1. The number of thioether (sulfide) groups is 1. The van der Waals surface area contributed by atoms with Gasteiger partial charge in [-0.1, -0.05) is 78.5 Å². The molecule has 0 N–H and O–H groups in total. The Balaban J connectivity index is 1.50. The number of fused-ring (bicyclic) bond motifs is 1. The summed E-state index contributed by atoms with van der Waals surface area (Å²) in [6.45, 7) is 0.416. The van der Waals surface area contributed by atoms with Gasteiger partial charge in [0.2, 0.25) is 5.91 Å². The van der Waals surface area contributed by atoms with Gasteiger partial charge in [-0.05, 0) is 6.07 Å². The van der Waals surface area contributed by atoms with Crippen molar-refractivity contribution in [2.24, 2.45) is 0 Å². The largest absolute Gasteiger partial charge is 0.493 e. The molecule has 33 heavy (non-hydrogen) atoms. The third-order valence-corrected chi connectivity index (χ3v) is 6.32. The van der Waals surface area contributed by atoms with E-state index in [1.807, 2.05) is 72.8 Å². The fraction of sp³-hybridized carbons (Fsp3) is 0.192. The number of benzene rings is 3. The maximum Gasteiger partial charge on any atom is 0.233 e. The highest BCUT2D eigenvalue weighted by Gasteiger charge is 2.17. The van der Waals surface area contributed by atoms with Crippen LogP contribution in [0.4, 0.5) is 0 Å². The van der Waals surface area contributed by atoms with Gasteiger partial charge in [-0.15, -0.1) is 10.2 Å². The van der Waals surface area contributed by atoms with Gasteiger partial charge in [-0.2, -0.15) is 0 Å². The Labute approximate surface area is 197 Å². The van der Waals surface area contributed by atoms with E-state index in [4.69, 9.17) is 9.47 Å². The summed E-state index contributed by atoms with van der Waals surface area (Å²) in [6, 6.07) is 23.7. The maximum atomic E-state index is 12.9.